The van der Waals surface area contributed by atoms with Crippen LogP contribution in [0.1, 0.15) is 30.1 Å². The van der Waals surface area contributed by atoms with E-state index in [1.54, 1.807) is 30.3 Å². The molecule has 6 heteroatoms. The van der Waals surface area contributed by atoms with E-state index in [1.807, 2.05) is 6.07 Å². The molecule has 0 aliphatic heterocycles. The van der Waals surface area contributed by atoms with Gasteiger partial charge < -0.3 is 15.4 Å². The number of methoxy groups -OCH3 is 1. The van der Waals surface area contributed by atoms with E-state index in [1.165, 1.54) is 7.11 Å². The number of benzene rings is 1. The lowest BCUT2D eigenvalue weighted by Gasteiger charge is -2.09. The van der Waals surface area contributed by atoms with E-state index >= 15 is 0 Å². The molecule has 0 unspecified atom stereocenters. The fraction of sp³-hybridized carbons (Fsp3) is 0.312. The predicted octanol–water partition coefficient (Wildman–Crippen LogP) is 2.95. The van der Waals surface area contributed by atoms with Crippen LogP contribution >= 0.6 is 0 Å². The lowest BCUT2D eigenvalue weighted by Crippen LogP contribution is -2.14. The van der Waals surface area contributed by atoms with Gasteiger partial charge in [0, 0.05) is 6.54 Å². The molecule has 2 rings (SSSR count). The van der Waals surface area contributed by atoms with Crippen LogP contribution in [0, 0.1) is 0 Å². The molecule has 0 radical (unpaired) electrons. The van der Waals surface area contributed by atoms with E-state index in [-0.39, 0.29) is 5.91 Å². The largest absolute Gasteiger partial charge is 0.496 e. The second-order valence-electron chi connectivity index (χ2n) is 4.74. The normalized spacial score (nSPS) is 10.1. The highest BCUT2D eigenvalue weighted by Gasteiger charge is 2.12. The highest BCUT2D eigenvalue weighted by Crippen LogP contribution is 2.18. The molecule has 0 saturated carbocycles. The van der Waals surface area contributed by atoms with E-state index in [0.717, 1.165) is 19.4 Å². The Kier molecular flexibility index (Phi) is 5.71. The number of nitrogens with one attached hydrogen (secondary N) is 2. The number of rotatable bonds is 7. The second kappa shape index (κ2) is 7.97. The highest BCUT2D eigenvalue weighted by atomic mass is 16.5. The smallest absolute Gasteiger partial charge is 0.260 e. The number of aromatic nitrogens is 2. The Morgan fingerprint density at radius 3 is 2.55 bits per heavy atom. The van der Waals surface area contributed by atoms with Crippen LogP contribution in [0.3, 0.4) is 0 Å². The van der Waals surface area contributed by atoms with Gasteiger partial charge in [0.1, 0.15) is 11.6 Å². The van der Waals surface area contributed by atoms with Crippen molar-refractivity contribution in [3.8, 4) is 5.75 Å². The monoisotopic (exact) mass is 300 g/mol. The molecule has 116 valence electrons. The third-order valence-corrected chi connectivity index (χ3v) is 3.09. The number of unbranched alkanes of at least 4 members (excludes halogenated alkanes) is 1. The molecule has 2 N–H and O–H groups in total. The Morgan fingerprint density at radius 1 is 1.14 bits per heavy atom. The summed E-state index contributed by atoms with van der Waals surface area (Å²) in [7, 11) is 1.53. The van der Waals surface area contributed by atoms with E-state index in [2.05, 4.69) is 27.8 Å². The summed E-state index contributed by atoms with van der Waals surface area (Å²) in [5.74, 6) is 1.34. The number of anilines is 2. The minimum Gasteiger partial charge on any atom is -0.496 e. The molecule has 0 aliphatic carbocycles. The Bertz CT molecular complexity index is 614. The van der Waals surface area contributed by atoms with Crippen molar-refractivity contribution in [2.75, 3.05) is 24.3 Å². The third-order valence-electron chi connectivity index (χ3n) is 3.09. The van der Waals surface area contributed by atoms with Crippen molar-refractivity contribution in [3.63, 3.8) is 0 Å². The average molecular weight is 300 g/mol. The molecule has 1 aromatic carbocycles. The molecule has 1 heterocycles. The number of ether oxygens (including phenoxy) is 1. The summed E-state index contributed by atoms with van der Waals surface area (Å²) in [5.41, 5.74) is 0.456. The third kappa shape index (κ3) is 4.18. The van der Waals surface area contributed by atoms with E-state index in [4.69, 9.17) is 4.74 Å². The number of para-hydroxylation sites is 1. The molecule has 0 spiro atoms. The molecule has 22 heavy (non-hydrogen) atoms. The fourth-order valence-corrected chi connectivity index (χ4v) is 1.90. The van der Waals surface area contributed by atoms with Crippen LogP contribution in [0.25, 0.3) is 0 Å². The topological polar surface area (TPSA) is 76.1 Å². The molecule has 6 nitrogen and oxygen atoms in total. The summed E-state index contributed by atoms with van der Waals surface area (Å²) in [6.07, 6.45) is 2.20. The second-order valence-corrected chi connectivity index (χ2v) is 4.74. The molecule has 0 fully saturated rings. The molecule has 0 aliphatic rings. The fourth-order valence-electron chi connectivity index (χ4n) is 1.90. The van der Waals surface area contributed by atoms with Crippen LogP contribution in [-0.4, -0.2) is 29.8 Å². The van der Waals surface area contributed by atoms with Crippen LogP contribution < -0.4 is 15.4 Å². The molecule has 0 bridgehead atoms. The van der Waals surface area contributed by atoms with Gasteiger partial charge in [-0.2, -0.15) is 0 Å². The van der Waals surface area contributed by atoms with Gasteiger partial charge in [0.25, 0.3) is 5.91 Å². The van der Waals surface area contributed by atoms with Crippen molar-refractivity contribution in [2.24, 2.45) is 0 Å². The number of carbonyl (C=O) groups is 1. The van der Waals surface area contributed by atoms with Crippen molar-refractivity contribution in [1.29, 1.82) is 0 Å². The zero-order valence-electron chi connectivity index (χ0n) is 12.8. The standard InChI is InChI=1S/C16H20N4O2/c1-3-4-11-17-14-9-10-15(20-19-14)18-16(21)12-7-5-6-8-13(12)22-2/h5-10H,3-4,11H2,1-2H3,(H,17,19)(H,18,20,21). The van der Waals surface area contributed by atoms with Crippen LogP contribution in [0.2, 0.25) is 0 Å². The number of hydrogen-bond donors (Lipinski definition) is 2. The van der Waals surface area contributed by atoms with Crippen molar-refractivity contribution < 1.29 is 9.53 Å². The summed E-state index contributed by atoms with van der Waals surface area (Å²) < 4.78 is 5.17. The maximum absolute atomic E-state index is 12.2. The van der Waals surface area contributed by atoms with Crippen molar-refractivity contribution in [1.82, 2.24) is 10.2 Å². The predicted molar refractivity (Wildman–Crippen MR) is 86.4 cm³/mol. The van der Waals surface area contributed by atoms with Gasteiger partial charge >= 0.3 is 0 Å². The number of amides is 1. The first-order chi connectivity index (χ1) is 10.7. The summed E-state index contributed by atoms with van der Waals surface area (Å²) in [6, 6.07) is 10.5. The average Bonchev–Trinajstić information content (AvgIpc) is 2.56. The van der Waals surface area contributed by atoms with Gasteiger partial charge in [-0.15, -0.1) is 10.2 Å². The minimum absolute atomic E-state index is 0.279. The first-order valence-corrected chi connectivity index (χ1v) is 7.26. The van der Waals surface area contributed by atoms with E-state index in [9.17, 15) is 4.79 Å². The zero-order chi connectivity index (χ0) is 15.8. The van der Waals surface area contributed by atoms with Gasteiger partial charge in [-0.3, -0.25) is 4.79 Å². The molecule has 2 aromatic rings. The van der Waals surface area contributed by atoms with Crippen molar-refractivity contribution >= 4 is 17.5 Å². The first kappa shape index (κ1) is 15.8. The van der Waals surface area contributed by atoms with Gasteiger partial charge in [-0.05, 0) is 30.7 Å². The maximum Gasteiger partial charge on any atom is 0.260 e. The minimum atomic E-state index is -0.279. The van der Waals surface area contributed by atoms with E-state index < -0.39 is 0 Å². The summed E-state index contributed by atoms with van der Waals surface area (Å²) in [4.78, 5) is 12.2. The SMILES string of the molecule is CCCCNc1ccc(NC(=O)c2ccccc2OC)nn1. The molecular formula is C16H20N4O2. The molecule has 1 amide bonds. The quantitative estimate of drug-likeness (QED) is 0.769. The Hall–Kier alpha value is -2.63. The van der Waals surface area contributed by atoms with E-state index in [0.29, 0.717) is 22.9 Å². The zero-order valence-corrected chi connectivity index (χ0v) is 12.8. The van der Waals surface area contributed by atoms with Crippen molar-refractivity contribution in [2.45, 2.75) is 19.8 Å². The van der Waals surface area contributed by atoms with Gasteiger partial charge in [0.2, 0.25) is 0 Å². The van der Waals surface area contributed by atoms with Gasteiger partial charge in [0.15, 0.2) is 5.82 Å². The summed E-state index contributed by atoms with van der Waals surface area (Å²) in [5, 5.41) is 13.9. The summed E-state index contributed by atoms with van der Waals surface area (Å²) in [6.45, 7) is 2.99. The Balaban J connectivity index is 1.99. The number of carbonyl (C=O) groups excluding carboxylic acids is 1. The lowest BCUT2D eigenvalue weighted by atomic mass is 10.2. The van der Waals surface area contributed by atoms with Crippen LogP contribution in [-0.2, 0) is 0 Å². The van der Waals surface area contributed by atoms with Crippen LogP contribution in [0.5, 0.6) is 5.75 Å². The number of nitrogens with zero attached hydrogens (tertiary/aromatic N) is 2. The molecule has 1 aromatic heterocycles. The van der Waals surface area contributed by atoms with Gasteiger partial charge in [-0.25, -0.2) is 0 Å². The maximum atomic E-state index is 12.2. The van der Waals surface area contributed by atoms with Gasteiger partial charge in [0.05, 0.1) is 12.7 Å². The molecule has 0 saturated heterocycles. The Labute approximate surface area is 129 Å². The molecule has 0 atom stereocenters. The van der Waals surface area contributed by atoms with Crippen LogP contribution in [0.15, 0.2) is 36.4 Å². The first-order valence-electron chi connectivity index (χ1n) is 7.26. The molecular weight excluding hydrogens is 280 g/mol. The number of hydrogen-bond acceptors (Lipinski definition) is 5. The summed E-state index contributed by atoms with van der Waals surface area (Å²) >= 11 is 0. The Morgan fingerprint density at radius 2 is 1.86 bits per heavy atom. The van der Waals surface area contributed by atoms with Crippen molar-refractivity contribution in [3.05, 3.63) is 42.0 Å². The highest BCUT2D eigenvalue weighted by molar-refractivity contribution is 6.05. The lowest BCUT2D eigenvalue weighted by molar-refractivity contribution is 0.102. The van der Waals surface area contributed by atoms with Crippen LogP contribution in [0.4, 0.5) is 11.6 Å². The van der Waals surface area contributed by atoms with Gasteiger partial charge in [-0.1, -0.05) is 25.5 Å².